The van der Waals surface area contributed by atoms with Gasteiger partial charge < -0.3 is 30.7 Å². The van der Waals surface area contributed by atoms with Gasteiger partial charge in [0, 0.05) is 79.1 Å². The van der Waals surface area contributed by atoms with Gasteiger partial charge in [-0.15, -0.1) is 0 Å². The lowest BCUT2D eigenvalue weighted by Crippen LogP contribution is -2.49. The predicted octanol–water partition coefficient (Wildman–Crippen LogP) is 8.04. The second-order valence-electron chi connectivity index (χ2n) is 18.9. The first-order valence-corrected chi connectivity index (χ1v) is 24.4. The van der Waals surface area contributed by atoms with Crippen molar-refractivity contribution in [3.63, 3.8) is 0 Å². The van der Waals surface area contributed by atoms with E-state index in [4.69, 9.17) is 26.8 Å². The Bertz CT molecular complexity index is 2770. The summed E-state index contributed by atoms with van der Waals surface area (Å²) in [6.07, 6.45) is 7.27. The Morgan fingerprint density at radius 3 is 2.43 bits per heavy atom. The minimum atomic E-state index is -1.07. The molecule has 14 nitrogen and oxygen atoms in total. The molecule has 4 aliphatic rings. The van der Waals surface area contributed by atoms with Gasteiger partial charge in [-0.3, -0.25) is 29.3 Å². The summed E-state index contributed by atoms with van der Waals surface area (Å²) in [5.41, 5.74) is 7.75. The minimum absolute atomic E-state index is 0.00462. The number of nitrogens with zero attached hydrogens (tertiary/aromatic N) is 4. The average molecular weight is 966 g/mol. The highest BCUT2D eigenvalue weighted by Crippen LogP contribution is 2.56. The maximum Gasteiger partial charge on any atom is 0.329 e. The zero-order chi connectivity index (χ0) is 48.6. The topological polar surface area (TPSA) is 173 Å². The number of imide groups is 1. The van der Waals surface area contributed by atoms with Gasteiger partial charge in [0.2, 0.25) is 17.7 Å². The van der Waals surface area contributed by atoms with Gasteiger partial charge in [-0.1, -0.05) is 54.9 Å². The van der Waals surface area contributed by atoms with E-state index in [0.29, 0.717) is 36.9 Å². The average Bonchev–Trinajstić information content (AvgIpc) is 3.83. The van der Waals surface area contributed by atoms with Crippen LogP contribution in [0.1, 0.15) is 104 Å². The summed E-state index contributed by atoms with van der Waals surface area (Å²) >= 11 is 6.68. The number of aromatic nitrogens is 2. The monoisotopic (exact) mass is 964 g/mol. The Hall–Kier alpha value is -6.10. The Morgan fingerprint density at radius 1 is 0.971 bits per heavy atom. The van der Waals surface area contributed by atoms with Crippen molar-refractivity contribution in [1.82, 2.24) is 30.6 Å². The molecule has 0 bridgehead atoms. The first-order valence-electron chi connectivity index (χ1n) is 24.0. The molecule has 0 spiro atoms. The molecular weight excluding hydrogens is 906 g/mol. The molecule has 4 heterocycles. The number of ether oxygens (including phenoxy) is 2. The highest BCUT2D eigenvalue weighted by molar-refractivity contribution is 6.34. The number of carbonyl (C=O) groups is 4. The van der Waals surface area contributed by atoms with Gasteiger partial charge in [0.1, 0.15) is 11.6 Å². The Kier molecular flexibility index (Phi) is 14.0. The molecule has 5 amide bonds. The summed E-state index contributed by atoms with van der Waals surface area (Å²) in [6, 6.07) is 19.5. The fourth-order valence-electron chi connectivity index (χ4n) is 11.0. The molecule has 9 rings (SSSR count). The van der Waals surface area contributed by atoms with Crippen molar-refractivity contribution in [3.05, 3.63) is 106 Å². The summed E-state index contributed by atoms with van der Waals surface area (Å²) in [4.78, 5) is 54.3. The molecule has 4 aromatic carbocycles. The second kappa shape index (κ2) is 20.1. The number of hydrogen-bond donors (Lipinski definition) is 4. The van der Waals surface area contributed by atoms with Crippen molar-refractivity contribution in [2.75, 3.05) is 51.3 Å². The number of nitrogens with two attached hydrogens (primary N) is 1. The van der Waals surface area contributed by atoms with E-state index in [1.165, 1.54) is 35.8 Å². The number of likely N-dealkylation sites (tertiary alicyclic amines) is 1. The molecular formula is C52H59ClF2N8O6. The highest BCUT2D eigenvalue weighted by Gasteiger charge is 2.50. The summed E-state index contributed by atoms with van der Waals surface area (Å²) in [7, 11) is 3.18. The molecule has 17 heteroatoms. The number of hydrogen-bond acceptors (Lipinski definition) is 9. The number of anilines is 1. The van der Waals surface area contributed by atoms with E-state index >= 15 is 8.78 Å². The van der Waals surface area contributed by atoms with Crippen molar-refractivity contribution in [2.24, 2.45) is 18.7 Å². The number of fused-ring (bicyclic) bond motifs is 2. The van der Waals surface area contributed by atoms with Crippen molar-refractivity contribution in [1.29, 1.82) is 0 Å². The lowest BCUT2D eigenvalue weighted by Gasteiger charge is -2.37. The van der Waals surface area contributed by atoms with Gasteiger partial charge in [0.15, 0.2) is 23.0 Å². The largest absolute Gasteiger partial charge is 0.494 e. The Morgan fingerprint density at radius 2 is 1.72 bits per heavy atom. The molecule has 1 aromatic heterocycles. The Balaban J connectivity index is 0.751. The van der Waals surface area contributed by atoms with E-state index in [0.717, 1.165) is 87.5 Å². The molecule has 1 aliphatic carbocycles. The normalized spacial score (nSPS) is 22.1. The van der Waals surface area contributed by atoms with Gasteiger partial charge in [-0.25, -0.2) is 13.6 Å². The molecule has 2 atom stereocenters. The summed E-state index contributed by atoms with van der Waals surface area (Å²) in [5.74, 6) is -2.34. The zero-order valence-corrected chi connectivity index (χ0v) is 40.0. The molecule has 69 heavy (non-hydrogen) atoms. The minimum Gasteiger partial charge on any atom is -0.494 e. The summed E-state index contributed by atoms with van der Waals surface area (Å²) in [6.45, 7) is 6.19. The number of rotatable bonds is 15. The third kappa shape index (κ3) is 9.38. The highest BCUT2D eigenvalue weighted by atomic mass is 35.5. The maximum absolute atomic E-state index is 16.2. The number of urea groups is 1. The maximum atomic E-state index is 16.2. The number of halogens is 3. The smallest absolute Gasteiger partial charge is 0.329 e. The predicted molar refractivity (Wildman–Crippen MR) is 260 cm³/mol. The standard InChI is InChI=1S/C52H59ClF2N8O6/c1-30-43-41(28-38(54)46(53)45(43)44-37(48(56)65)17-18-40(68-3)47(44)55)69-52(30,34-9-5-4-6-10-34)29-58-35-14-11-32(12-15-35)50(66)57-22-7-8-23-62-24-19-31(20-25-62)33-13-16-36-39(27-33)61(2)60-49(36)63-26-21-42(64)59-51(63)67/h4-6,9-10,13,16-18,27-28,30-32,35,58H,7-8,11-12,14-15,19-26,29H2,1-3H3,(H2,56,65)(H,57,66)(H,59,64,67)/t30-,32?,35?,52-/m0/s1. The number of primary amides is 1. The van der Waals surface area contributed by atoms with Crippen LogP contribution in [0.15, 0.2) is 66.7 Å². The molecule has 5 N–H and O–H groups in total. The summed E-state index contributed by atoms with van der Waals surface area (Å²) in [5, 5.41) is 14.5. The number of methoxy groups -OCH3 is 1. The molecule has 0 unspecified atom stereocenters. The van der Waals surface area contributed by atoms with E-state index in [2.05, 4.69) is 38.1 Å². The first kappa shape index (κ1) is 47.9. The molecule has 3 aliphatic heterocycles. The molecule has 0 radical (unpaired) electrons. The number of aryl methyl sites for hydroxylation is 1. The van der Waals surface area contributed by atoms with Gasteiger partial charge >= 0.3 is 6.03 Å². The number of nitrogens with one attached hydrogen (secondary N) is 3. The van der Waals surface area contributed by atoms with Crippen LogP contribution in [-0.4, -0.2) is 90.9 Å². The number of amides is 5. The molecule has 2 saturated heterocycles. The van der Waals surface area contributed by atoms with Crippen LogP contribution >= 0.6 is 11.6 Å². The SMILES string of the molecule is COc1ccc(C(N)=O)c(-c2c(Cl)c(F)cc3c2[C@H](C)[C@@](CNC2CCC(C(=O)NCCCCN4CCC(c5ccc6c(N7CCC(=O)NC7=O)nn(C)c6c5)CC4)CC2)(c2ccccc2)O3)c1F. The van der Waals surface area contributed by atoms with Gasteiger partial charge in [-0.05, 0) is 112 Å². The van der Waals surface area contributed by atoms with Crippen LogP contribution in [0.4, 0.5) is 19.4 Å². The van der Waals surface area contributed by atoms with Gasteiger partial charge in [0.25, 0.3) is 0 Å². The van der Waals surface area contributed by atoms with E-state index < -0.39 is 35.1 Å². The fraction of sp³-hybridized carbons (Fsp3) is 0.442. The van der Waals surface area contributed by atoms with Crippen molar-refractivity contribution < 1.29 is 37.4 Å². The lowest BCUT2D eigenvalue weighted by molar-refractivity contribution is -0.126. The zero-order valence-electron chi connectivity index (χ0n) is 39.2. The number of piperidine rings is 1. The molecule has 3 fully saturated rings. The lowest BCUT2D eigenvalue weighted by atomic mass is 9.77. The number of unbranched alkanes of at least 4 members (excludes halogenated alkanes) is 1. The van der Waals surface area contributed by atoms with Crippen LogP contribution in [0.3, 0.4) is 0 Å². The van der Waals surface area contributed by atoms with Gasteiger partial charge in [0.05, 0.1) is 23.2 Å². The van der Waals surface area contributed by atoms with E-state index in [-0.39, 0.29) is 63.4 Å². The third-order valence-corrected chi connectivity index (χ3v) is 15.3. The van der Waals surface area contributed by atoms with Crippen LogP contribution in [0.25, 0.3) is 22.0 Å². The van der Waals surface area contributed by atoms with Crippen molar-refractivity contribution >= 4 is 52.1 Å². The van der Waals surface area contributed by atoms with E-state index in [9.17, 15) is 19.2 Å². The quantitative estimate of drug-likeness (QED) is 0.0758. The van der Waals surface area contributed by atoms with Crippen LogP contribution in [-0.2, 0) is 22.2 Å². The number of benzene rings is 4. The van der Waals surface area contributed by atoms with E-state index in [1.807, 2.05) is 55.1 Å². The first-order chi connectivity index (χ1) is 33.3. The molecule has 1 saturated carbocycles. The second-order valence-corrected chi connectivity index (χ2v) is 19.3. The van der Waals surface area contributed by atoms with Crippen LogP contribution in [0.2, 0.25) is 5.02 Å². The van der Waals surface area contributed by atoms with Crippen LogP contribution < -0.4 is 36.1 Å². The van der Waals surface area contributed by atoms with E-state index in [1.54, 1.807) is 0 Å². The Labute approximate surface area is 405 Å². The van der Waals surface area contributed by atoms with Crippen molar-refractivity contribution in [3.8, 4) is 22.6 Å². The van der Waals surface area contributed by atoms with Crippen LogP contribution in [0, 0.1) is 17.6 Å². The summed E-state index contributed by atoms with van der Waals surface area (Å²) < 4.78 is 45.7. The third-order valence-electron chi connectivity index (χ3n) is 14.9. The molecule has 364 valence electrons. The van der Waals surface area contributed by atoms with Crippen molar-refractivity contribution in [2.45, 2.75) is 88.2 Å². The fourth-order valence-corrected chi connectivity index (χ4v) is 11.3. The number of carbonyl (C=O) groups excluding carboxylic acids is 4. The van der Waals surface area contributed by atoms with Crippen LogP contribution in [0.5, 0.6) is 11.5 Å². The van der Waals surface area contributed by atoms with Gasteiger partial charge in [-0.2, -0.15) is 5.10 Å². The molecule has 5 aromatic rings.